The molecule has 0 saturated carbocycles. The number of nitrogens with two attached hydrogens (primary N) is 1. The maximum Gasteiger partial charge on any atom is 0.123 e. The highest BCUT2D eigenvalue weighted by Gasteiger charge is 2.02. The van der Waals surface area contributed by atoms with Gasteiger partial charge in [0.2, 0.25) is 0 Å². The Morgan fingerprint density at radius 3 is 2.50 bits per heavy atom. The molecule has 0 heterocycles. The van der Waals surface area contributed by atoms with Gasteiger partial charge in [0.25, 0.3) is 0 Å². The van der Waals surface area contributed by atoms with E-state index in [9.17, 15) is 0 Å². The summed E-state index contributed by atoms with van der Waals surface area (Å²) in [6, 6.07) is 5.45. The zero-order valence-electron chi connectivity index (χ0n) is 5.27. The van der Waals surface area contributed by atoms with E-state index in [2.05, 4.69) is 7.05 Å². The average molecular weight is 176 g/mol. The van der Waals surface area contributed by atoms with Gasteiger partial charge in [-0.2, -0.15) is 0 Å². The van der Waals surface area contributed by atoms with Crippen LogP contribution in [0.1, 0.15) is 0 Å². The molecular formula is C7H7Cl2N. The van der Waals surface area contributed by atoms with Crippen LogP contribution in [-0.2, 0) is 0 Å². The van der Waals surface area contributed by atoms with Gasteiger partial charge in [-0.3, -0.25) is 0 Å². The van der Waals surface area contributed by atoms with E-state index in [1.165, 1.54) is 0 Å². The Bertz CT molecular complexity index is 235. The van der Waals surface area contributed by atoms with Gasteiger partial charge in [-0.1, -0.05) is 29.3 Å². The molecular weight excluding hydrogens is 169 g/mol. The Balaban J connectivity index is 3.14. The number of hydrogen-bond acceptors (Lipinski definition) is 0. The minimum absolute atomic E-state index is 0.569. The summed E-state index contributed by atoms with van der Waals surface area (Å²) in [5.41, 5.74) is 0.870. The fourth-order valence-electron chi connectivity index (χ4n) is 0.678. The first-order valence-electron chi connectivity index (χ1n) is 2.82. The molecule has 10 heavy (non-hydrogen) atoms. The minimum atomic E-state index is 0.569. The van der Waals surface area contributed by atoms with E-state index in [0.717, 1.165) is 5.69 Å². The van der Waals surface area contributed by atoms with E-state index >= 15 is 0 Å². The second-order valence-electron chi connectivity index (χ2n) is 1.85. The van der Waals surface area contributed by atoms with Crippen LogP contribution in [0.25, 0.3) is 0 Å². The molecule has 0 aliphatic carbocycles. The van der Waals surface area contributed by atoms with Crippen molar-refractivity contribution >= 4 is 28.9 Å². The first kappa shape index (κ1) is 7.86. The molecule has 1 rings (SSSR count). The van der Waals surface area contributed by atoms with Crippen molar-refractivity contribution in [1.82, 2.24) is 0 Å². The highest BCUT2D eigenvalue weighted by molar-refractivity contribution is 6.43. The summed E-state index contributed by atoms with van der Waals surface area (Å²) in [6.07, 6.45) is 0. The number of benzene rings is 1. The van der Waals surface area contributed by atoms with Crippen LogP contribution in [-0.4, -0.2) is 0 Å². The quantitative estimate of drug-likeness (QED) is 0.497. The fourth-order valence-corrected chi connectivity index (χ4v) is 1.06. The molecule has 0 radical (unpaired) electrons. The number of quaternary nitrogens is 1. The molecule has 0 atom stereocenters. The van der Waals surface area contributed by atoms with Crippen molar-refractivity contribution in [3.63, 3.8) is 0 Å². The fraction of sp³-hybridized carbons (Fsp3) is 0. The summed E-state index contributed by atoms with van der Waals surface area (Å²) in [5, 5.41) is 2.81. The second-order valence-corrected chi connectivity index (χ2v) is 2.63. The molecule has 2 N–H and O–H groups in total. The zero-order valence-corrected chi connectivity index (χ0v) is 6.78. The molecule has 0 aliphatic rings. The molecule has 0 aliphatic heterocycles. The lowest BCUT2D eigenvalue weighted by Gasteiger charge is -2.01. The maximum absolute atomic E-state index is 5.79. The summed E-state index contributed by atoms with van der Waals surface area (Å²) in [7, 11) is 3.59. The molecule has 1 aromatic carbocycles. The summed E-state index contributed by atoms with van der Waals surface area (Å²) >= 11 is 11.5. The number of rotatable bonds is 1. The van der Waals surface area contributed by atoms with E-state index in [4.69, 9.17) is 23.2 Å². The lowest BCUT2D eigenvalue weighted by Crippen LogP contribution is -2.69. The summed E-state index contributed by atoms with van der Waals surface area (Å²) < 4.78 is 0. The van der Waals surface area contributed by atoms with Crippen molar-refractivity contribution in [2.24, 2.45) is 0 Å². The summed E-state index contributed by atoms with van der Waals surface area (Å²) in [4.78, 5) is 0. The third-order valence-electron chi connectivity index (χ3n) is 1.20. The molecule has 3 heteroatoms. The van der Waals surface area contributed by atoms with Crippen LogP contribution in [0.2, 0.25) is 10.0 Å². The van der Waals surface area contributed by atoms with Crippen molar-refractivity contribution in [3.05, 3.63) is 35.3 Å². The highest BCUT2D eigenvalue weighted by Crippen LogP contribution is 2.25. The highest BCUT2D eigenvalue weighted by atomic mass is 35.5. The molecule has 0 spiro atoms. The first-order valence-corrected chi connectivity index (χ1v) is 3.57. The van der Waals surface area contributed by atoms with Gasteiger partial charge >= 0.3 is 0 Å². The van der Waals surface area contributed by atoms with Crippen LogP contribution >= 0.6 is 23.2 Å². The topological polar surface area (TPSA) is 16.6 Å². The lowest BCUT2D eigenvalue weighted by molar-refractivity contribution is -0.504. The molecule has 0 saturated heterocycles. The van der Waals surface area contributed by atoms with Gasteiger partial charge in [-0.15, -0.1) is 7.05 Å². The smallest absolute Gasteiger partial charge is 0.123 e. The Kier molecular flexibility index (Phi) is 2.55. The van der Waals surface area contributed by atoms with Crippen LogP contribution < -0.4 is 5.32 Å². The van der Waals surface area contributed by atoms with Crippen LogP contribution in [0.4, 0.5) is 5.69 Å². The number of hydrogen-bond donors (Lipinski definition) is 1. The summed E-state index contributed by atoms with van der Waals surface area (Å²) in [5.74, 6) is 0. The predicted molar refractivity (Wildman–Crippen MR) is 43.4 cm³/mol. The predicted octanol–water partition coefficient (Wildman–Crippen LogP) is 1.98. The first-order chi connectivity index (χ1) is 4.75. The van der Waals surface area contributed by atoms with E-state index in [1.54, 1.807) is 11.4 Å². The third kappa shape index (κ3) is 1.43. The second kappa shape index (κ2) is 3.24. The number of halogens is 2. The Morgan fingerprint density at radius 2 is 2.00 bits per heavy atom. The Labute approximate surface area is 70.0 Å². The van der Waals surface area contributed by atoms with Crippen molar-refractivity contribution in [2.45, 2.75) is 0 Å². The van der Waals surface area contributed by atoms with Gasteiger partial charge in [0.15, 0.2) is 0 Å². The van der Waals surface area contributed by atoms with Crippen LogP contribution in [0.15, 0.2) is 18.2 Å². The largest absolute Gasteiger partial charge is 0.444 e. The van der Waals surface area contributed by atoms with E-state index in [-0.39, 0.29) is 0 Å². The van der Waals surface area contributed by atoms with E-state index in [0.29, 0.717) is 10.0 Å². The van der Waals surface area contributed by atoms with Crippen molar-refractivity contribution in [1.29, 1.82) is 0 Å². The van der Waals surface area contributed by atoms with Gasteiger partial charge in [0.05, 0.1) is 5.02 Å². The molecule has 0 bridgehead atoms. The van der Waals surface area contributed by atoms with Crippen LogP contribution in [0.5, 0.6) is 0 Å². The Hall–Kier alpha value is -0.240. The van der Waals surface area contributed by atoms with Crippen molar-refractivity contribution in [2.75, 3.05) is 0 Å². The maximum atomic E-state index is 5.79. The third-order valence-corrected chi connectivity index (χ3v) is 2.03. The molecule has 0 amide bonds. The van der Waals surface area contributed by atoms with Gasteiger partial charge in [0, 0.05) is 0 Å². The van der Waals surface area contributed by atoms with Crippen LogP contribution in [0, 0.1) is 7.05 Å². The molecule has 54 valence electrons. The SMILES string of the molecule is [CH2-][NH2+]c1cccc(Cl)c1Cl. The normalized spacial score (nSPS) is 9.90. The van der Waals surface area contributed by atoms with Crippen LogP contribution in [0.3, 0.4) is 0 Å². The van der Waals surface area contributed by atoms with Crippen molar-refractivity contribution in [3.8, 4) is 0 Å². The lowest BCUT2D eigenvalue weighted by atomic mass is 10.3. The minimum Gasteiger partial charge on any atom is -0.444 e. The molecule has 0 aromatic heterocycles. The van der Waals surface area contributed by atoms with Gasteiger partial charge in [-0.25, -0.2) is 0 Å². The molecule has 1 aromatic rings. The standard InChI is InChI=1S/C7H7Cl2N/c1-10-6-4-2-3-5(8)7(6)9/h2-4H,1,10H2. The van der Waals surface area contributed by atoms with E-state index in [1.807, 2.05) is 12.1 Å². The molecule has 1 nitrogen and oxygen atoms in total. The molecule has 0 unspecified atom stereocenters. The monoisotopic (exact) mass is 175 g/mol. The van der Waals surface area contributed by atoms with Gasteiger partial charge in [0.1, 0.15) is 10.7 Å². The summed E-state index contributed by atoms with van der Waals surface area (Å²) in [6.45, 7) is 0. The molecule has 0 fully saturated rings. The van der Waals surface area contributed by atoms with E-state index < -0.39 is 0 Å². The van der Waals surface area contributed by atoms with Gasteiger partial charge < -0.3 is 5.32 Å². The van der Waals surface area contributed by atoms with Crippen molar-refractivity contribution < 1.29 is 5.32 Å². The Morgan fingerprint density at radius 1 is 1.30 bits per heavy atom. The zero-order chi connectivity index (χ0) is 7.56. The van der Waals surface area contributed by atoms with Gasteiger partial charge in [-0.05, 0) is 12.1 Å². The average Bonchev–Trinajstić information content (AvgIpc) is 1.95.